The van der Waals surface area contributed by atoms with E-state index in [1.807, 2.05) is 70.6 Å². The number of carbonyl (C=O) groups excluding carboxylic acids is 1. The highest BCUT2D eigenvalue weighted by molar-refractivity contribution is 8.19. The van der Waals surface area contributed by atoms with Gasteiger partial charge in [0, 0.05) is 42.6 Å². The average molecular weight is 385 g/mol. The summed E-state index contributed by atoms with van der Waals surface area (Å²) in [4.78, 5) is 16.7. The second-order valence-electron chi connectivity index (χ2n) is 6.03. The van der Waals surface area contributed by atoms with Crippen LogP contribution in [0.4, 0.5) is 10.5 Å². The Labute approximate surface area is 161 Å². The summed E-state index contributed by atoms with van der Waals surface area (Å²) in [5.41, 5.74) is 3.99. The number of benzene rings is 1. The van der Waals surface area contributed by atoms with Crippen LogP contribution in [0.2, 0.25) is 0 Å². The van der Waals surface area contributed by atoms with E-state index in [2.05, 4.69) is 27.8 Å². The third kappa shape index (κ3) is 4.16. The first-order valence-corrected chi connectivity index (χ1v) is 10.7. The number of anilines is 1. The Kier molecular flexibility index (Phi) is 5.36. The van der Waals surface area contributed by atoms with Gasteiger partial charge in [-0.15, -0.1) is 23.5 Å². The summed E-state index contributed by atoms with van der Waals surface area (Å²) in [6.07, 6.45) is 4.67. The van der Waals surface area contributed by atoms with Crippen LogP contribution < -0.4 is 10.6 Å². The number of thioether (sulfide) groups is 2. The predicted molar refractivity (Wildman–Crippen MR) is 110 cm³/mol. The highest BCUT2D eigenvalue weighted by Crippen LogP contribution is 2.45. The van der Waals surface area contributed by atoms with E-state index in [-0.39, 0.29) is 6.03 Å². The van der Waals surface area contributed by atoms with Crippen molar-refractivity contribution >= 4 is 40.9 Å². The summed E-state index contributed by atoms with van der Waals surface area (Å²) in [5.74, 6) is 2.38. The van der Waals surface area contributed by atoms with E-state index in [1.165, 1.54) is 17.1 Å². The molecule has 4 rings (SSSR count). The minimum Gasteiger partial charge on any atom is -0.337 e. The molecule has 2 N–H and O–H groups in total. The van der Waals surface area contributed by atoms with E-state index in [9.17, 15) is 4.79 Å². The van der Waals surface area contributed by atoms with Crippen LogP contribution in [0.3, 0.4) is 0 Å². The number of hydrogen-bond donors (Lipinski definition) is 2. The van der Waals surface area contributed by atoms with Crippen LogP contribution in [0.25, 0.3) is 5.65 Å². The molecule has 1 saturated heterocycles. The van der Waals surface area contributed by atoms with Crippen LogP contribution in [-0.4, -0.2) is 33.5 Å². The van der Waals surface area contributed by atoms with Crippen LogP contribution in [0, 0.1) is 0 Å². The Morgan fingerprint density at radius 3 is 2.92 bits per heavy atom. The van der Waals surface area contributed by atoms with Crippen molar-refractivity contribution in [1.29, 1.82) is 0 Å². The molecule has 1 aliphatic heterocycles. The molecule has 7 heteroatoms. The third-order valence-electron chi connectivity index (χ3n) is 4.12. The number of nitrogens with zero attached hydrogens (tertiary/aromatic N) is 2. The molecule has 0 bridgehead atoms. The fourth-order valence-corrected chi connectivity index (χ4v) is 5.74. The number of imidazole rings is 1. The quantitative estimate of drug-likeness (QED) is 0.693. The number of fused-ring (bicyclic) bond motifs is 1. The minimum atomic E-state index is -0.183. The summed E-state index contributed by atoms with van der Waals surface area (Å²) < 4.78 is 2.47. The molecule has 134 valence electrons. The smallest absolute Gasteiger partial charge is 0.319 e. The average Bonchev–Trinajstić information content (AvgIpc) is 3.31. The first-order valence-electron chi connectivity index (χ1n) is 8.58. The second kappa shape index (κ2) is 8.05. The normalized spacial score (nSPS) is 14.6. The molecule has 0 radical (unpaired) electrons. The monoisotopic (exact) mass is 384 g/mol. The minimum absolute atomic E-state index is 0.183. The number of urea groups is 1. The summed E-state index contributed by atoms with van der Waals surface area (Å²) in [6, 6.07) is 13.8. The van der Waals surface area contributed by atoms with E-state index < -0.39 is 0 Å². The molecule has 5 nitrogen and oxygen atoms in total. The zero-order chi connectivity index (χ0) is 17.8. The van der Waals surface area contributed by atoms with Gasteiger partial charge in [0.25, 0.3) is 0 Å². The molecule has 0 unspecified atom stereocenters. The van der Waals surface area contributed by atoms with Gasteiger partial charge in [0.15, 0.2) is 0 Å². The van der Waals surface area contributed by atoms with Crippen molar-refractivity contribution in [2.24, 2.45) is 0 Å². The van der Waals surface area contributed by atoms with Gasteiger partial charge in [0.1, 0.15) is 5.65 Å². The van der Waals surface area contributed by atoms with Gasteiger partial charge in [-0.3, -0.25) is 0 Å². The first kappa shape index (κ1) is 17.3. The van der Waals surface area contributed by atoms with Crippen molar-refractivity contribution in [3.63, 3.8) is 0 Å². The Morgan fingerprint density at radius 1 is 1.19 bits per heavy atom. The van der Waals surface area contributed by atoms with Crippen LogP contribution in [0.1, 0.15) is 15.8 Å². The lowest BCUT2D eigenvalue weighted by molar-refractivity contribution is 0.252. The Bertz CT molecular complexity index is 872. The molecule has 3 aromatic rings. The number of hydrogen-bond acceptors (Lipinski definition) is 4. The number of carbonyl (C=O) groups is 1. The SMILES string of the molecule is O=C(NCCc1cn2ccccc2n1)Nc1cccc(C2SCCS2)c1. The molecule has 1 fully saturated rings. The Morgan fingerprint density at radius 2 is 2.08 bits per heavy atom. The van der Waals surface area contributed by atoms with E-state index in [1.54, 1.807) is 0 Å². The van der Waals surface area contributed by atoms with Gasteiger partial charge in [-0.2, -0.15) is 0 Å². The highest BCUT2D eigenvalue weighted by atomic mass is 32.2. The molecule has 0 atom stereocenters. The van der Waals surface area contributed by atoms with Crippen molar-refractivity contribution in [2.45, 2.75) is 11.0 Å². The molecular formula is C19H20N4OS2. The summed E-state index contributed by atoms with van der Waals surface area (Å²) in [5, 5.41) is 5.83. The zero-order valence-corrected chi connectivity index (χ0v) is 15.9. The second-order valence-corrected chi connectivity index (χ2v) is 8.75. The molecule has 2 aromatic heterocycles. The number of rotatable bonds is 5. The van der Waals surface area contributed by atoms with Gasteiger partial charge >= 0.3 is 6.03 Å². The maximum atomic E-state index is 12.1. The molecule has 26 heavy (non-hydrogen) atoms. The van der Waals surface area contributed by atoms with Crippen molar-refractivity contribution in [2.75, 3.05) is 23.4 Å². The molecule has 2 amide bonds. The largest absolute Gasteiger partial charge is 0.337 e. The molecule has 3 heterocycles. The highest BCUT2D eigenvalue weighted by Gasteiger charge is 2.18. The molecule has 0 saturated carbocycles. The number of pyridine rings is 1. The van der Waals surface area contributed by atoms with Gasteiger partial charge in [0.05, 0.1) is 10.3 Å². The summed E-state index contributed by atoms with van der Waals surface area (Å²) in [7, 11) is 0. The van der Waals surface area contributed by atoms with Crippen molar-refractivity contribution < 1.29 is 4.79 Å². The van der Waals surface area contributed by atoms with Gasteiger partial charge in [-0.25, -0.2) is 9.78 Å². The van der Waals surface area contributed by atoms with Crippen molar-refractivity contribution in [1.82, 2.24) is 14.7 Å². The van der Waals surface area contributed by atoms with Crippen LogP contribution in [0.5, 0.6) is 0 Å². The van der Waals surface area contributed by atoms with Crippen LogP contribution >= 0.6 is 23.5 Å². The molecule has 0 spiro atoms. The lowest BCUT2D eigenvalue weighted by Gasteiger charge is -2.11. The summed E-state index contributed by atoms with van der Waals surface area (Å²) in [6.45, 7) is 0.545. The van der Waals surface area contributed by atoms with Crippen molar-refractivity contribution in [3.8, 4) is 0 Å². The fourth-order valence-electron chi connectivity index (χ4n) is 2.90. The van der Waals surface area contributed by atoms with Gasteiger partial charge in [-0.1, -0.05) is 18.2 Å². The lowest BCUT2D eigenvalue weighted by Crippen LogP contribution is -2.30. The maximum Gasteiger partial charge on any atom is 0.319 e. The fraction of sp³-hybridized carbons (Fsp3) is 0.263. The topological polar surface area (TPSA) is 58.4 Å². The predicted octanol–water partition coefficient (Wildman–Crippen LogP) is 4.18. The Hall–Kier alpha value is -2.12. The zero-order valence-electron chi connectivity index (χ0n) is 14.2. The summed E-state index contributed by atoms with van der Waals surface area (Å²) >= 11 is 3.92. The van der Waals surface area contributed by atoms with Gasteiger partial charge < -0.3 is 15.0 Å². The van der Waals surface area contributed by atoms with E-state index in [0.29, 0.717) is 17.5 Å². The lowest BCUT2D eigenvalue weighted by atomic mass is 10.2. The van der Waals surface area contributed by atoms with E-state index in [4.69, 9.17) is 0 Å². The molecule has 1 aliphatic rings. The number of aromatic nitrogens is 2. The number of nitrogens with one attached hydrogen (secondary N) is 2. The Balaban J connectivity index is 1.29. The maximum absolute atomic E-state index is 12.1. The molecule has 0 aliphatic carbocycles. The molecular weight excluding hydrogens is 364 g/mol. The van der Waals surface area contributed by atoms with Crippen molar-refractivity contribution in [3.05, 3.63) is 66.1 Å². The van der Waals surface area contributed by atoms with Gasteiger partial charge in [0.2, 0.25) is 0 Å². The number of amides is 2. The molecule has 1 aromatic carbocycles. The standard InChI is InChI=1S/C19H20N4OS2/c24-19(20-8-7-16-13-23-9-2-1-6-17(23)21-16)22-15-5-3-4-14(12-15)18-25-10-11-26-18/h1-6,9,12-13,18H,7-8,10-11H2,(H2,20,22,24). The third-order valence-corrected chi connectivity index (χ3v) is 7.22. The van der Waals surface area contributed by atoms with Gasteiger partial charge in [-0.05, 0) is 29.8 Å². The van der Waals surface area contributed by atoms with E-state index >= 15 is 0 Å². The van der Waals surface area contributed by atoms with Crippen LogP contribution in [-0.2, 0) is 6.42 Å². The van der Waals surface area contributed by atoms with E-state index in [0.717, 1.165) is 17.0 Å². The first-order chi connectivity index (χ1) is 12.8. The van der Waals surface area contributed by atoms with Crippen LogP contribution in [0.15, 0.2) is 54.9 Å².